The molecule has 0 spiro atoms. The molecule has 3 nitrogen and oxygen atoms in total. The van der Waals surface area contributed by atoms with Gasteiger partial charge in [0.15, 0.2) is 6.29 Å². The molecule has 0 saturated heterocycles. The first-order valence-corrected chi connectivity index (χ1v) is 6.46. The van der Waals surface area contributed by atoms with E-state index in [4.69, 9.17) is 0 Å². The molecule has 106 valence electrons. The lowest BCUT2D eigenvalue weighted by molar-refractivity contribution is 0.0952. The van der Waals surface area contributed by atoms with Gasteiger partial charge in [-0.25, -0.2) is 4.39 Å². The fourth-order valence-electron chi connectivity index (χ4n) is 1.85. The number of nitrogens with one attached hydrogen (secondary N) is 1. The maximum absolute atomic E-state index is 13.4. The van der Waals surface area contributed by atoms with Crippen molar-refractivity contribution in [3.05, 3.63) is 77.1 Å². The second-order valence-electron chi connectivity index (χ2n) is 4.34. The summed E-state index contributed by atoms with van der Waals surface area (Å²) in [5, 5.41) is 2.66. The third-order valence-electron chi connectivity index (χ3n) is 2.92. The lowest BCUT2D eigenvalue weighted by Gasteiger charge is -2.04. The van der Waals surface area contributed by atoms with Crippen LogP contribution >= 0.6 is 0 Å². The van der Waals surface area contributed by atoms with Crippen molar-refractivity contribution >= 4 is 18.3 Å². The van der Waals surface area contributed by atoms with Gasteiger partial charge in [-0.15, -0.1) is 0 Å². The van der Waals surface area contributed by atoms with Gasteiger partial charge in [-0.2, -0.15) is 0 Å². The van der Waals surface area contributed by atoms with Crippen LogP contribution in [0.2, 0.25) is 0 Å². The summed E-state index contributed by atoms with van der Waals surface area (Å²) in [7, 11) is 0. The van der Waals surface area contributed by atoms with Crippen molar-refractivity contribution in [1.29, 1.82) is 0 Å². The fourth-order valence-corrected chi connectivity index (χ4v) is 1.85. The fraction of sp³-hybridized carbons (Fsp3) is 0.0588. The molecule has 1 N–H and O–H groups in total. The topological polar surface area (TPSA) is 46.2 Å². The smallest absolute Gasteiger partial charge is 0.252 e. The number of aldehydes is 1. The average Bonchev–Trinajstić information content (AvgIpc) is 2.52. The summed E-state index contributed by atoms with van der Waals surface area (Å²) in [5.41, 5.74) is 1.12. The number of halogens is 1. The van der Waals surface area contributed by atoms with E-state index < -0.39 is 0 Å². The Bertz CT molecular complexity index is 680. The van der Waals surface area contributed by atoms with Gasteiger partial charge in [0.2, 0.25) is 0 Å². The molecule has 2 aromatic carbocycles. The molecule has 2 rings (SSSR count). The van der Waals surface area contributed by atoms with Crippen molar-refractivity contribution in [3.63, 3.8) is 0 Å². The molecule has 0 aliphatic heterocycles. The highest BCUT2D eigenvalue weighted by Crippen LogP contribution is 2.08. The van der Waals surface area contributed by atoms with Gasteiger partial charge in [-0.1, -0.05) is 48.6 Å². The van der Waals surface area contributed by atoms with Gasteiger partial charge in [0.1, 0.15) is 5.82 Å². The van der Waals surface area contributed by atoms with Gasteiger partial charge in [-0.3, -0.25) is 9.59 Å². The second kappa shape index (κ2) is 7.14. The zero-order valence-corrected chi connectivity index (χ0v) is 11.3. The van der Waals surface area contributed by atoms with Crippen molar-refractivity contribution in [2.24, 2.45) is 0 Å². The van der Waals surface area contributed by atoms with Crippen LogP contribution in [0.25, 0.3) is 6.08 Å². The Morgan fingerprint density at radius 1 is 1.05 bits per heavy atom. The van der Waals surface area contributed by atoms with Gasteiger partial charge in [-0.05, 0) is 12.1 Å². The number of hydrogen-bond donors (Lipinski definition) is 1. The molecule has 21 heavy (non-hydrogen) atoms. The Labute approximate surface area is 122 Å². The number of rotatable bonds is 5. The standard InChI is InChI=1S/C17H14FNO2/c18-16-10-4-2-6-13(16)8-5-11-19-17(21)15-9-3-1-7-14(15)12-20/h1-10,12H,11H2,(H,19,21)/b8-5+. The summed E-state index contributed by atoms with van der Waals surface area (Å²) in [6, 6.07) is 12.9. The third kappa shape index (κ3) is 3.86. The van der Waals surface area contributed by atoms with E-state index in [0.29, 0.717) is 23.0 Å². The largest absolute Gasteiger partial charge is 0.349 e. The predicted octanol–water partition coefficient (Wildman–Crippen LogP) is 3.08. The first-order chi connectivity index (χ1) is 10.2. The molecule has 4 heteroatoms. The van der Waals surface area contributed by atoms with E-state index in [9.17, 15) is 14.0 Å². The van der Waals surface area contributed by atoms with Crippen LogP contribution in [-0.2, 0) is 0 Å². The molecule has 1 amide bonds. The summed E-state index contributed by atoms with van der Waals surface area (Å²) in [5.74, 6) is -0.651. The number of hydrogen-bond acceptors (Lipinski definition) is 2. The van der Waals surface area contributed by atoms with Crippen molar-refractivity contribution in [3.8, 4) is 0 Å². The molecular weight excluding hydrogens is 269 g/mol. The maximum Gasteiger partial charge on any atom is 0.252 e. The van der Waals surface area contributed by atoms with Crippen LogP contribution in [0.5, 0.6) is 0 Å². The summed E-state index contributed by atoms with van der Waals surface area (Å²) < 4.78 is 13.4. The quantitative estimate of drug-likeness (QED) is 0.857. The van der Waals surface area contributed by atoms with Crippen LogP contribution in [0.3, 0.4) is 0 Å². The summed E-state index contributed by atoms with van der Waals surface area (Å²) in [6.45, 7) is 0.250. The summed E-state index contributed by atoms with van der Waals surface area (Å²) in [6.07, 6.45) is 3.89. The maximum atomic E-state index is 13.4. The highest BCUT2D eigenvalue weighted by Gasteiger charge is 2.08. The molecule has 0 fully saturated rings. The van der Waals surface area contributed by atoms with Crippen molar-refractivity contribution < 1.29 is 14.0 Å². The summed E-state index contributed by atoms with van der Waals surface area (Å²) in [4.78, 5) is 22.8. The van der Waals surface area contributed by atoms with Gasteiger partial charge in [0.05, 0.1) is 0 Å². The summed E-state index contributed by atoms with van der Waals surface area (Å²) >= 11 is 0. The van der Waals surface area contributed by atoms with E-state index in [-0.39, 0.29) is 18.3 Å². The minimum atomic E-state index is -0.337. The van der Waals surface area contributed by atoms with E-state index in [1.165, 1.54) is 6.07 Å². The molecule has 0 bridgehead atoms. The Morgan fingerprint density at radius 2 is 1.71 bits per heavy atom. The lowest BCUT2D eigenvalue weighted by atomic mass is 10.1. The first kappa shape index (κ1) is 14.7. The van der Waals surface area contributed by atoms with E-state index in [1.54, 1.807) is 54.6 Å². The zero-order valence-electron chi connectivity index (χ0n) is 11.3. The molecule has 0 unspecified atom stereocenters. The molecule has 0 saturated carbocycles. The molecule has 0 atom stereocenters. The molecule has 0 aliphatic carbocycles. The van der Waals surface area contributed by atoms with E-state index in [0.717, 1.165) is 0 Å². The van der Waals surface area contributed by atoms with Gasteiger partial charge >= 0.3 is 0 Å². The van der Waals surface area contributed by atoms with Gasteiger partial charge in [0, 0.05) is 23.2 Å². The van der Waals surface area contributed by atoms with Crippen molar-refractivity contribution in [2.75, 3.05) is 6.54 Å². The van der Waals surface area contributed by atoms with Gasteiger partial charge in [0.25, 0.3) is 5.91 Å². The highest BCUT2D eigenvalue weighted by atomic mass is 19.1. The molecule has 0 radical (unpaired) electrons. The van der Waals surface area contributed by atoms with Crippen molar-refractivity contribution in [1.82, 2.24) is 5.32 Å². The van der Waals surface area contributed by atoms with Crippen LogP contribution in [-0.4, -0.2) is 18.7 Å². The van der Waals surface area contributed by atoms with E-state index in [1.807, 2.05) is 0 Å². The Balaban J connectivity index is 1.96. The first-order valence-electron chi connectivity index (χ1n) is 6.46. The molecular formula is C17H14FNO2. The Hall–Kier alpha value is -2.75. The number of benzene rings is 2. The molecule has 0 heterocycles. The SMILES string of the molecule is O=Cc1ccccc1C(=O)NC/C=C/c1ccccc1F. The monoisotopic (exact) mass is 283 g/mol. The van der Waals surface area contributed by atoms with E-state index >= 15 is 0 Å². The van der Waals surface area contributed by atoms with Crippen LogP contribution in [0.15, 0.2) is 54.6 Å². The average molecular weight is 283 g/mol. The zero-order chi connectivity index (χ0) is 15.1. The highest BCUT2D eigenvalue weighted by molar-refractivity contribution is 6.01. The van der Waals surface area contributed by atoms with Crippen LogP contribution in [0.4, 0.5) is 4.39 Å². The Kier molecular flexibility index (Phi) is 4.99. The minimum Gasteiger partial charge on any atom is -0.349 e. The van der Waals surface area contributed by atoms with Crippen molar-refractivity contribution in [2.45, 2.75) is 0 Å². The van der Waals surface area contributed by atoms with Crippen LogP contribution < -0.4 is 5.32 Å². The number of carbonyl (C=O) groups is 2. The second-order valence-corrected chi connectivity index (χ2v) is 4.34. The Morgan fingerprint density at radius 3 is 2.43 bits per heavy atom. The van der Waals surface area contributed by atoms with Gasteiger partial charge < -0.3 is 5.32 Å². The molecule has 0 aliphatic rings. The van der Waals surface area contributed by atoms with Crippen LogP contribution in [0, 0.1) is 5.82 Å². The lowest BCUT2D eigenvalue weighted by Crippen LogP contribution is -2.24. The molecule has 2 aromatic rings. The van der Waals surface area contributed by atoms with Crippen LogP contribution in [0.1, 0.15) is 26.3 Å². The third-order valence-corrected chi connectivity index (χ3v) is 2.92. The van der Waals surface area contributed by atoms with E-state index in [2.05, 4.69) is 5.32 Å². The predicted molar refractivity (Wildman–Crippen MR) is 79.6 cm³/mol. The molecule has 0 aromatic heterocycles. The minimum absolute atomic E-state index is 0.250. The normalized spacial score (nSPS) is 10.5. The number of amides is 1. The number of carbonyl (C=O) groups excluding carboxylic acids is 2.